The SMILES string of the molecule is CCc1ccc(N(CC(C)C(=O)O)C(C)C)cc1. The van der Waals surface area contributed by atoms with Crippen LogP contribution in [-0.4, -0.2) is 23.7 Å². The first-order valence-electron chi connectivity index (χ1n) is 6.54. The quantitative estimate of drug-likeness (QED) is 0.841. The van der Waals surface area contributed by atoms with E-state index in [0.29, 0.717) is 12.6 Å². The van der Waals surface area contributed by atoms with Crippen molar-refractivity contribution in [2.24, 2.45) is 5.92 Å². The number of hydrogen-bond donors (Lipinski definition) is 1. The van der Waals surface area contributed by atoms with E-state index in [1.54, 1.807) is 6.92 Å². The highest BCUT2D eigenvalue weighted by Crippen LogP contribution is 2.19. The summed E-state index contributed by atoms with van der Waals surface area (Å²) in [4.78, 5) is 13.1. The van der Waals surface area contributed by atoms with Crippen molar-refractivity contribution in [2.45, 2.75) is 40.2 Å². The predicted molar refractivity (Wildman–Crippen MR) is 75.1 cm³/mol. The topological polar surface area (TPSA) is 40.5 Å². The Bertz CT molecular complexity index is 384. The van der Waals surface area contributed by atoms with Crippen LogP contribution in [-0.2, 0) is 11.2 Å². The maximum Gasteiger partial charge on any atom is 0.308 e. The van der Waals surface area contributed by atoms with Gasteiger partial charge >= 0.3 is 5.97 Å². The molecule has 0 heterocycles. The minimum Gasteiger partial charge on any atom is -0.481 e. The molecule has 0 bridgehead atoms. The molecule has 0 saturated carbocycles. The maximum absolute atomic E-state index is 11.0. The first-order chi connectivity index (χ1) is 8.45. The van der Waals surface area contributed by atoms with E-state index >= 15 is 0 Å². The summed E-state index contributed by atoms with van der Waals surface area (Å²) in [7, 11) is 0. The second-order valence-electron chi connectivity index (χ2n) is 5.01. The minimum absolute atomic E-state index is 0.291. The largest absolute Gasteiger partial charge is 0.481 e. The van der Waals surface area contributed by atoms with Crippen LogP contribution in [0.15, 0.2) is 24.3 Å². The van der Waals surface area contributed by atoms with Gasteiger partial charge in [0, 0.05) is 18.3 Å². The van der Waals surface area contributed by atoms with E-state index in [1.807, 2.05) is 0 Å². The fraction of sp³-hybridized carbons (Fsp3) is 0.533. The number of carboxylic acid groups (broad SMARTS) is 1. The Labute approximate surface area is 109 Å². The number of benzene rings is 1. The Balaban J connectivity index is 2.86. The van der Waals surface area contributed by atoms with Crippen molar-refractivity contribution >= 4 is 11.7 Å². The van der Waals surface area contributed by atoms with Gasteiger partial charge < -0.3 is 10.0 Å². The molecule has 0 saturated heterocycles. The van der Waals surface area contributed by atoms with Gasteiger partial charge in [0.2, 0.25) is 0 Å². The van der Waals surface area contributed by atoms with Crippen molar-refractivity contribution in [3.05, 3.63) is 29.8 Å². The summed E-state index contributed by atoms with van der Waals surface area (Å²) >= 11 is 0. The van der Waals surface area contributed by atoms with E-state index in [2.05, 4.69) is 49.9 Å². The number of rotatable bonds is 6. The number of carboxylic acids is 1. The number of carbonyl (C=O) groups is 1. The fourth-order valence-corrected chi connectivity index (χ4v) is 1.91. The zero-order valence-corrected chi connectivity index (χ0v) is 11.7. The first-order valence-corrected chi connectivity index (χ1v) is 6.54. The number of anilines is 1. The number of aryl methyl sites for hydroxylation is 1. The standard InChI is InChI=1S/C15H23NO2/c1-5-13-6-8-14(9-7-13)16(11(2)3)10-12(4)15(17)18/h6-9,11-12H,5,10H2,1-4H3,(H,17,18). The molecule has 3 heteroatoms. The molecular formula is C15H23NO2. The molecule has 0 aromatic heterocycles. The van der Waals surface area contributed by atoms with Crippen LogP contribution in [0, 0.1) is 5.92 Å². The van der Waals surface area contributed by atoms with E-state index in [-0.39, 0.29) is 5.92 Å². The lowest BCUT2D eigenvalue weighted by Crippen LogP contribution is -2.37. The Hall–Kier alpha value is -1.51. The molecule has 3 nitrogen and oxygen atoms in total. The molecule has 1 aromatic rings. The molecule has 0 fully saturated rings. The monoisotopic (exact) mass is 249 g/mol. The van der Waals surface area contributed by atoms with Crippen molar-refractivity contribution in [1.82, 2.24) is 0 Å². The van der Waals surface area contributed by atoms with E-state index in [4.69, 9.17) is 5.11 Å². The Morgan fingerprint density at radius 1 is 1.22 bits per heavy atom. The Kier molecular flexibility index (Phi) is 5.20. The van der Waals surface area contributed by atoms with Crippen molar-refractivity contribution in [3.63, 3.8) is 0 Å². The summed E-state index contributed by atoms with van der Waals surface area (Å²) in [6, 6.07) is 8.66. The van der Waals surface area contributed by atoms with E-state index < -0.39 is 5.97 Å². The zero-order chi connectivity index (χ0) is 13.7. The normalized spacial score (nSPS) is 12.5. The fourth-order valence-electron chi connectivity index (χ4n) is 1.91. The molecule has 0 spiro atoms. The molecule has 1 aromatic carbocycles. The number of nitrogens with zero attached hydrogens (tertiary/aromatic N) is 1. The molecule has 0 aliphatic carbocycles. The van der Waals surface area contributed by atoms with Gasteiger partial charge in [-0.1, -0.05) is 26.0 Å². The average molecular weight is 249 g/mol. The van der Waals surface area contributed by atoms with Crippen LogP contribution >= 0.6 is 0 Å². The lowest BCUT2D eigenvalue weighted by molar-refractivity contribution is -0.140. The average Bonchev–Trinajstić information content (AvgIpc) is 2.35. The second-order valence-corrected chi connectivity index (χ2v) is 5.01. The predicted octanol–water partition coefficient (Wildman–Crippen LogP) is 3.18. The molecule has 1 unspecified atom stereocenters. The highest BCUT2D eigenvalue weighted by Gasteiger charge is 2.18. The second kappa shape index (κ2) is 6.43. The third-order valence-electron chi connectivity index (χ3n) is 3.19. The first kappa shape index (κ1) is 14.6. The van der Waals surface area contributed by atoms with Gasteiger partial charge in [0.15, 0.2) is 0 Å². The summed E-state index contributed by atoms with van der Waals surface area (Å²) in [5.74, 6) is -1.11. The van der Waals surface area contributed by atoms with Gasteiger partial charge in [-0.15, -0.1) is 0 Å². The third kappa shape index (κ3) is 3.76. The van der Waals surface area contributed by atoms with Gasteiger partial charge in [-0.3, -0.25) is 4.79 Å². The van der Waals surface area contributed by atoms with Crippen LogP contribution in [0.3, 0.4) is 0 Å². The van der Waals surface area contributed by atoms with Crippen LogP contribution in [0.2, 0.25) is 0 Å². The summed E-state index contributed by atoms with van der Waals surface area (Å²) < 4.78 is 0. The van der Waals surface area contributed by atoms with Crippen LogP contribution in [0.25, 0.3) is 0 Å². The van der Waals surface area contributed by atoms with Gasteiger partial charge in [0.1, 0.15) is 0 Å². The van der Waals surface area contributed by atoms with Gasteiger partial charge in [-0.05, 0) is 38.0 Å². The molecule has 18 heavy (non-hydrogen) atoms. The van der Waals surface area contributed by atoms with E-state index in [0.717, 1.165) is 12.1 Å². The minimum atomic E-state index is -0.745. The molecular weight excluding hydrogens is 226 g/mol. The van der Waals surface area contributed by atoms with Crippen molar-refractivity contribution in [2.75, 3.05) is 11.4 Å². The van der Waals surface area contributed by atoms with Crippen molar-refractivity contribution < 1.29 is 9.90 Å². The molecule has 1 atom stereocenters. The highest BCUT2D eigenvalue weighted by molar-refractivity contribution is 5.70. The highest BCUT2D eigenvalue weighted by atomic mass is 16.4. The smallest absolute Gasteiger partial charge is 0.308 e. The summed E-state index contributed by atoms with van der Waals surface area (Å²) in [6.07, 6.45) is 1.02. The number of hydrogen-bond acceptors (Lipinski definition) is 2. The summed E-state index contributed by atoms with van der Waals surface area (Å²) in [5, 5.41) is 9.02. The van der Waals surface area contributed by atoms with Gasteiger partial charge in [0.05, 0.1) is 5.92 Å². The summed E-state index contributed by atoms with van der Waals surface area (Å²) in [5.41, 5.74) is 2.39. The molecule has 0 aliphatic heterocycles. The van der Waals surface area contributed by atoms with Crippen LogP contribution in [0.1, 0.15) is 33.3 Å². The summed E-state index contributed by atoms with van der Waals surface area (Å²) in [6.45, 7) is 8.59. The van der Waals surface area contributed by atoms with Crippen LogP contribution in [0.4, 0.5) is 5.69 Å². The Morgan fingerprint density at radius 3 is 2.17 bits per heavy atom. The van der Waals surface area contributed by atoms with Crippen molar-refractivity contribution in [1.29, 1.82) is 0 Å². The maximum atomic E-state index is 11.0. The lowest BCUT2D eigenvalue weighted by Gasteiger charge is -2.30. The molecule has 100 valence electrons. The van der Waals surface area contributed by atoms with E-state index in [1.165, 1.54) is 5.56 Å². The van der Waals surface area contributed by atoms with Crippen LogP contribution < -0.4 is 4.90 Å². The molecule has 0 aliphatic rings. The van der Waals surface area contributed by atoms with Gasteiger partial charge in [0.25, 0.3) is 0 Å². The van der Waals surface area contributed by atoms with Crippen LogP contribution in [0.5, 0.6) is 0 Å². The van der Waals surface area contributed by atoms with Gasteiger partial charge in [-0.25, -0.2) is 0 Å². The molecule has 0 radical (unpaired) electrons. The molecule has 0 amide bonds. The lowest BCUT2D eigenvalue weighted by atomic mass is 10.1. The van der Waals surface area contributed by atoms with Gasteiger partial charge in [-0.2, -0.15) is 0 Å². The van der Waals surface area contributed by atoms with Crippen molar-refractivity contribution in [3.8, 4) is 0 Å². The molecule has 1 N–H and O–H groups in total. The Morgan fingerprint density at radius 2 is 1.78 bits per heavy atom. The number of aliphatic carboxylic acids is 1. The molecule has 1 rings (SSSR count). The zero-order valence-electron chi connectivity index (χ0n) is 11.7. The third-order valence-corrected chi connectivity index (χ3v) is 3.19. The van der Waals surface area contributed by atoms with E-state index in [9.17, 15) is 4.79 Å².